The summed E-state index contributed by atoms with van der Waals surface area (Å²) in [5, 5.41) is 10.9. The van der Waals surface area contributed by atoms with Crippen molar-refractivity contribution in [1.82, 2.24) is 9.55 Å². The van der Waals surface area contributed by atoms with Gasteiger partial charge in [0.05, 0.1) is 11.6 Å². The summed E-state index contributed by atoms with van der Waals surface area (Å²) in [7, 11) is 0. The Labute approximate surface area is 163 Å². The minimum Gasteiger partial charge on any atom is -0.508 e. The summed E-state index contributed by atoms with van der Waals surface area (Å²) in [6.07, 6.45) is 5.54. The Hall–Kier alpha value is -2.17. The smallest absolute Gasteiger partial charge is 0.141 e. The van der Waals surface area contributed by atoms with Gasteiger partial charge in [0.15, 0.2) is 0 Å². The zero-order valence-corrected chi connectivity index (χ0v) is 16.0. The molecule has 4 nitrogen and oxygen atoms in total. The number of phenolic OH excluding ortho intramolecular Hbond substituents is 1. The highest BCUT2D eigenvalue weighted by Crippen LogP contribution is 2.29. The van der Waals surface area contributed by atoms with Crippen molar-refractivity contribution < 1.29 is 9.84 Å². The first kappa shape index (κ1) is 18.6. The van der Waals surface area contributed by atoms with Crippen LogP contribution in [-0.4, -0.2) is 21.3 Å². The largest absolute Gasteiger partial charge is 0.508 e. The number of hydrogen-bond acceptors (Lipinski definition) is 3. The quantitative estimate of drug-likeness (QED) is 0.523. The summed E-state index contributed by atoms with van der Waals surface area (Å²) in [5.41, 5.74) is 1.63. The lowest BCUT2D eigenvalue weighted by Gasteiger charge is -2.11. The lowest BCUT2D eigenvalue weighted by atomic mass is 10.2. The van der Waals surface area contributed by atoms with Crippen LogP contribution in [0.5, 0.6) is 11.5 Å². The molecule has 0 bridgehead atoms. The highest BCUT2D eigenvalue weighted by atomic mass is 35.5. The molecule has 1 heterocycles. The molecule has 136 valence electrons. The Bertz CT molecular complexity index is 893. The van der Waals surface area contributed by atoms with Gasteiger partial charge in [-0.2, -0.15) is 0 Å². The molecule has 0 saturated heterocycles. The molecule has 26 heavy (non-hydrogen) atoms. The van der Waals surface area contributed by atoms with Gasteiger partial charge in [-0.05, 0) is 50.1 Å². The Morgan fingerprint density at radius 3 is 2.81 bits per heavy atom. The summed E-state index contributed by atoms with van der Waals surface area (Å²) in [4.78, 5) is 4.42. The van der Waals surface area contributed by atoms with Gasteiger partial charge in [0.2, 0.25) is 0 Å². The number of aryl methyl sites for hydroxylation is 1. The second-order valence-electron chi connectivity index (χ2n) is 6.02. The van der Waals surface area contributed by atoms with Crippen molar-refractivity contribution in [3.63, 3.8) is 0 Å². The van der Waals surface area contributed by atoms with E-state index in [2.05, 4.69) is 9.55 Å². The molecule has 1 aromatic heterocycles. The normalized spacial score (nSPS) is 10.9. The molecule has 0 saturated carbocycles. The number of aromatic hydroxyl groups is 1. The highest BCUT2D eigenvalue weighted by Gasteiger charge is 2.10. The first-order chi connectivity index (χ1) is 12.6. The predicted molar refractivity (Wildman–Crippen MR) is 105 cm³/mol. The number of imidazole rings is 1. The van der Waals surface area contributed by atoms with Crippen LogP contribution in [0.4, 0.5) is 0 Å². The van der Waals surface area contributed by atoms with E-state index >= 15 is 0 Å². The standard InChI is InChI=1S/C20H20Cl2N2O2/c1-14-18(25)5-4-6-19(14)26-12-3-2-10-24-11-9-23-20(24)16-8-7-15(21)13-17(16)22/h4-9,11,13,25H,2-3,10,12H2,1H3. The molecule has 0 aliphatic carbocycles. The number of nitrogens with zero attached hydrogens (tertiary/aromatic N) is 2. The number of unbranched alkanes of at least 4 members (excludes halogenated alkanes) is 1. The fourth-order valence-corrected chi connectivity index (χ4v) is 3.22. The molecular weight excluding hydrogens is 371 g/mol. The van der Waals surface area contributed by atoms with Crippen LogP contribution in [0.2, 0.25) is 10.0 Å². The van der Waals surface area contributed by atoms with Gasteiger partial charge in [-0.25, -0.2) is 4.98 Å². The van der Waals surface area contributed by atoms with E-state index in [9.17, 15) is 5.11 Å². The third-order valence-corrected chi connectivity index (χ3v) is 4.74. The zero-order chi connectivity index (χ0) is 18.5. The van der Waals surface area contributed by atoms with E-state index in [1.165, 1.54) is 0 Å². The third kappa shape index (κ3) is 4.32. The second kappa shape index (κ2) is 8.47. The number of phenols is 1. The van der Waals surface area contributed by atoms with Gasteiger partial charge >= 0.3 is 0 Å². The fraction of sp³-hybridized carbons (Fsp3) is 0.250. The van der Waals surface area contributed by atoms with Gasteiger partial charge in [0.25, 0.3) is 0 Å². The molecule has 0 amide bonds. The van der Waals surface area contributed by atoms with Crippen molar-refractivity contribution in [2.75, 3.05) is 6.61 Å². The molecule has 0 aliphatic heterocycles. The molecule has 0 radical (unpaired) electrons. The molecule has 0 atom stereocenters. The van der Waals surface area contributed by atoms with Crippen LogP contribution in [0.15, 0.2) is 48.8 Å². The molecule has 0 unspecified atom stereocenters. The van der Waals surface area contributed by atoms with Crippen molar-refractivity contribution in [2.24, 2.45) is 0 Å². The van der Waals surface area contributed by atoms with E-state index in [0.29, 0.717) is 16.7 Å². The van der Waals surface area contributed by atoms with Crippen molar-refractivity contribution in [3.8, 4) is 22.9 Å². The van der Waals surface area contributed by atoms with Gasteiger partial charge in [0.1, 0.15) is 17.3 Å². The number of halogens is 2. The van der Waals surface area contributed by atoms with E-state index < -0.39 is 0 Å². The van der Waals surface area contributed by atoms with Gasteiger partial charge in [-0.3, -0.25) is 0 Å². The molecular formula is C20H20Cl2N2O2. The minimum atomic E-state index is 0.255. The summed E-state index contributed by atoms with van der Waals surface area (Å²) in [6, 6.07) is 10.7. The lowest BCUT2D eigenvalue weighted by Crippen LogP contribution is -2.04. The number of benzene rings is 2. The number of aromatic nitrogens is 2. The molecule has 3 aromatic rings. The molecule has 6 heteroatoms. The minimum absolute atomic E-state index is 0.255. The number of rotatable bonds is 7. The Morgan fingerprint density at radius 2 is 2.00 bits per heavy atom. The van der Waals surface area contributed by atoms with Gasteiger partial charge < -0.3 is 14.4 Å². The van der Waals surface area contributed by atoms with Crippen LogP contribution < -0.4 is 4.74 Å². The molecule has 3 rings (SSSR count). The van der Waals surface area contributed by atoms with Gasteiger partial charge in [-0.1, -0.05) is 29.3 Å². The van der Waals surface area contributed by atoms with E-state index in [4.69, 9.17) is 27.9 Å². The van der Waals surface area contributed by atoms with Crippen LogP contribution in [0.1, 0.15) is 18.4 Å². The summed E-state index contributed by atoms with van der Waals surface area (Å²) < 4.78 is 7.84. The Balaban J connectivity index is 1.55. The average molecular weight is 391 g/mol. The predicted octanol–water partition coefficient (Wildman–Crippen LogP) is 5.73. The zero-order valence-electron chi connectivity index (χ0n) is 14.5. The first-order valence-corrected chi connectivity index (χ1v) is 9.20. The SMILES string of the molecule is Cc1c(O)cccc1OCCCCn1ccnc1-c1ccc(Cl)cc1Cl. The maximum absolute atomic E-state index is 9.70. The number of hydrogen-bond donors (Lipinski definition) is 1. The maximum Gasteiger partial charge on any atom is 0.141 e. The van der Waals surface area contributed by atoms with Crippen LogP contribution in [-0.2, 0) is 6.54 Å². The fourth-order valence-electron chi connectivity index (χ4n) is 2.73. The summed E-state index contributed by atoms with van der Waals surface area (Å²) in [6.45, 7) is 3.25. The van der Waals surface area contributed by atoms with Crippen molar-refractivity contribution in [3.05, 3.63) is 64.4 Å². The van der Waals surface area contributed by atoms with Gasteiger partial charge in [-0.15, -0.1) is 0 Å². The highest BCUT2D eigenvalue weighted by molar-refractivity contribution is 6.36. The molecule has 1 N–H and O–H groups in total. The molecule has 2 aromatic carbocycles. The van der Waals surface area contributed by atoms with E-state index in [-0.39, 0.29) is 5.75 Å². The summed E-state index contributed by atoms with van der Waals surface area (Å²) in [5.74, 6) is 1.81. The maximum atomic E-state index is 9.70. The van der Waals surface area contributed by atoms with Crippen molar-refractivity contribution in [1.29, 1.82) is 0 Å². The average Bonchev–Trinajstić information content (AvgIpc) is 3.06. The topological polar surface area (TPSA) is 47.3 Å². The third-order valence-electron chi connectivity index (χ3n) is 4.19. The molecule has 0 fully saturated rings. The van der Waals surface area contributed by atoms with Crippen LogP contribution in [0, 0.1) is 6.92 Å². The Kier molecular flexibility index (Phi) is 6.07. The number of ether oxygens (including phenoxy) is 1. The summed E-state index contributed by atoms with van der Waals surface area (Å²) >= 11 is 12.3. The second-order valence-corrected chi connectivity index (χ2v) is 6.87. The van der Waals surface area contributed by atoms with Gasteiger partial charge in [0, 0.05) is 35.1 Å². The van der Waals surface area contributed by atoms with E-state index in [0.717, 1.165) is 42.1 Å². The molecule has 0 spiro atoms. The van der Waals surface area contributed by atoms with E-state index in [1.807, 2.05) is 31.3 Å². The van der Waals surface area contributed by atoms with Crippen molar-refractivity contribution >= 4 is 23.2 Å². The van der Waals surface area contributed by atoms with Crippen LogP contribution in [0.3, 0.4) is 0 Å². The Morgan fingerprint density at radius 1 is 1.15 bits per heavy atom. The van der Waals surface area contributed by atoms with E-state index in [1.54, 1.807) is 24.4 Å². The monoisotopic (exact) mass is 390 g/mol. The lowest BCUT2D eigenvalue weighted by molar-refractivity contribution is 0.299. The van der Waals surface area contributed by atoms with Crippen LogP contribution in [0.25, 0.3) is 11.4 Å². The van der Waals surface area contributed by atoms with Crippen molar-refractivity contribution in [2.45, 2.75) is 26.3 Å². The van der Waals surface area contributed by atoms with Crippen LogP contribution >= 0.6 is 23.2 Å². The molecule has 0 aliphatic rings. The first-order valence-electron chi connectivity index (χ1n) is 8.44.